The van der Waals surface area contributed by atoms with E-state index in [2.05, 4.69) is 27.0 Å². The SMILES string of the molecule is CCON(CC#CCNC(=O)OC(C)(C)C)C(=O)C1=Cc2ccc(-c3cccc(S(=O)(=O)N4CC(CN(C)C)C4)c3)cc2N=C(N)C1. The molecule has 252 valence electrons. The second kappa shape index (κ2) is 15.1. The molecule has 0 aliphatic carbocycles. The minimum absolute atomic E-state index is 0.0319. The third-order valence-corrected chi connectivity index (χ3v) is 9.03. The first-order valence-electron chi connectivity index (χ1n) is 15.5. The number of amidine groups is 1. The number of rotatable bonds is 10. The molecule has 0 spiro atoms. The summed E-state index contributed by atoms with van der Waals surface area (Å²) in [7, 11) is 0.352. The topological polar surface area (TPSA) is 147 Å². The molecule has 3 N–H and O–H groups in total. The summed E-state index contributed by atoms with van der Waals surface area (Å²) >= 11 is 0. The van der Waals surface area contributed by atoms with Gasteiger partial charge in [-0.05, 0) is 83.1 Å². The zero-order valence-corrected chi connectivity index (χ0v) is 28.7. The standard InChI is InChI=1S/C34H44N6O6S/c1-7-45-40(16-9-8-15-36-33(42)46-34(2,3)4)32(41)28-17-27-14-13-26(19-30(27)37-31(35)20-28)25-11-10-12-29(18-25)47(43,44)39-22-24(23-39)21-38(5)6/h10-14,17-19,24H,7,15-16,20-23H2,1-6H3,(H2,35,37)(H,36,42). The van der Waals surface area contributed by atoms with Crippen molar-refractivity contribution >= 4 is 39.6 Å². The van der Waals surface area contributed by atoms with E-state index in [0.717, 1.165) is 22.7 Å². The maximum Gasteiger partial charge on any atom is 0.408 e. The van der Waals surface area contributed by atoms with Crippen molar-refractivity contribution in [2.75, 3.05) is 53.4 Å². The molecule has 0 bridgehead atoms. The Morgan fingerprint density at radius 2 is 1.83 bits per heavy atom. The minimum Gasteiger partial charge on any atom is -0.444 e. The van der Waals surface area contributed by atoms with Crippen LogP contribution in [0.2, 0.25) is 0 Å². The lowest BCUT2D eigenvalue weighted by Gasteiger charge is -2.39. The van der Waals surface area contributed by atoms with Crippen molar-refractivity contribution in [1.82, 2.24) is 19.6 Å². The van der Waals surface area contributed by atoms with Crippen molar-refractivity contribution in [2.24, 2.45) is 16.6 Å². The van der Waals surface area contributed by atoms with Gasteiger partial charge in [0.1, 0.15) is 18.0 Å². The van der Waals surface area contributed by atoms with E-state index in [1.165, 1.54) is 4.31 Å². The molecule has 1 fully saturated rings. The molecule has 1 saturated heterocycles. The summed E-state index contributed by atoms with van der Waals surface area (Å²) in [4.78, 5) is 37.8. The monoisotopic (exact) mass is 664 g/mol. The summed E-state index contributed by atoms with van der Waals surface area (Å²) in [5, 5.41) is 3.71. The molecule has 2 aliphatic heterocycles. The van der Waals surface area contributed by atoms with Gasteiger partial charge in [-0.1, -0.05) is 36.1 Å². The second-order valence-corrected chi connectivity index (χ2v) is 14.6. The summed E-state index contributed by atoms with van der Waals surface area (Å²) in [6.45, 7) is 9.17. The van der Waals surface area contributed by atoms with E-state index in [-0.39, 0.29) is 36.8 Å². The van der Waals surface area contributed by atoms with Crippen LogP contribution in [0, 0.1) is 17.8 Å². The first-order valence-corrected chi connectivity index (χ1v) is 16.9. The van der Waals surface area contributed by atoms with Gasteiger partial charge in [-0.15, -0.1) is 0 Å². The number of carbonyl (C=O) groups is 2. The molecule has 2 aromatic rings. The third kappa shape index (κ3) is 9.65. The molecule has 0 atom stereocenters. The lowest BCUT2D eigenvalue weighted by molar-refractivity contribution is -0.176. The van der Waals surface area contributed by atoms with E-state index in [0.29, 0.717) is 35.8 Å². The van der Waals surface area contributed by atoms with Crippen molar-refractivity contribution in [3.63, 3.8) is 0 Å². The Kier molecular flexibility index (Phi) is 11.5. The molecule has 13 heteroatoms. The summed E-state index contributed by atoms with van der Waals surface area (Å²) < 4.78 is 33.3. The Labute approximate surface area is 277 Å². The Balaban J connectivity index is 1.49. The number of nitrogens with zero attached hydrogens (tertiary/aromatic N) is 4. The second-order valence-electron chi connectivity index (χ2n) is 12.7. The van der Waals surface area contributed by atoms with Gasteiger partial charge in [0.2, 0.25) is 10.0 Å². The smallest absolute Gasteiger partial charge is 0.408 e. The van der Waals surface area contributed by atoms with Gasteiger partial charge >= 0.3 is 6.09 Å². The van der Waals surface area contributed by atoms with E-state index < -0.39 is 27.6 Å². The molecule has 0 aromatic heterocycles. The van der Waals surface area contributed by atoms with Gasteiger partial charge < -0.3 is 20.7 Å². The third-order valence-electron chi connectivity index (χ3n) is 7.20. The largest absolute Gasteiger partial charge is 0.444 e. The molecule has 0 unspecified atom stereocenters. The highest BCUT2D eigenvalue weighted by Crippen LogP contribution is 2.34. The minimum atomic E-state index is -3.61. The van der Waals surface area contributed by atoms with Crippen molar-refractivity contribution in [3.05, 3.63) is 53.6 Å². The number of amides is 2. The number of nitrogens with two attached hydrogens (primary N) is 1. The number of hydroxylamine groups is 2. The zero-order chi connectivity index (χ0) is 34.4. The summed E-state index contributed by atoms with van der Waals surface area (Å²) in [5.41, 5.74) is 8.73. The number of fused-ring (bicyclic) bond motifs is 1. The molecule has 2 heterocycles. The molecule has 0 radical (unpaired) electrons. The van der Waals surface area contributed by atoms with E-state index in [4.69, 9.17) is 15.3 Å². The van der Waals surface area contributed by atoms with Crippen LogP contribution in [0.1, 0.15) is 39.7 Å². The number of hydrogen-bond acceptors (Lipinski definition) is 9. The highest BCUT2D eigenvalue weighted by molar-refractivity contribution is 7.89. The maximum atomic E-state index is 13.5. The summed E-state index contributed by atoms with van der Waals surface area (Å²) in [5.74, 6) is 5.79. The van der Waals surface area contributed by atoms with Crippen LogP contribution in [0.5, 0.6) is 0 Å². The number of benzene rings is 2. The van der Waals surface area contributed by atoms with Gasteiger partial charge in [-0.25, -0.2) is 23.3 Å². The molecule has 2 aliphatic rings. The maximum absolute atomic E-state index is 13.5. The molecule has 4 rings (SSSR count). The number of ether oxygens (including phenoxy) is 1. The highest BCUT2D eigenvalue weighted by Gasteiger charge is 2.36. The molecule has 47 heavy (non-hydrogen) atoms. The van der Waals surface area contributed by atoms with Crippen molar-refractivity contribution in [3.8, 4) is 23.0 Å². The van der Waals surface area contributed by atoms with E-state index >= 15 is 0 Å². The average molecular weight is 665 g/mol. The van der Waals surface area contributed by atoms with Crippen LogP contribution in [0.3, 0.4) is 0 Å². The number of alkyl carbamates (subject to hydrolysis) is 1. The normalized spacial score (nSPS) is 15.3. The predicted molar refractivity (Wildman–Crippen MR) is 182 cm³/mol. The van der Waals surface area contributed by atoms with Gasteiger partial charge in [0.05, 0.1) is 23.7 Å². The lowest BCUT2D eigenvalue weighted by atomic mass is 10.0. The Bertz CT molecular complexity index is 1710. The van der Waals surface area contributed by atoms with Gasteiger partial charge in [0.15, 0.2) is 0 Å². The van der Waals surface area contributed by atoms with Gasteiger partial charge in [0, 0.05) is 37.2 Å². The van der Waals surface area contributed by atoms with E-state index in [1.807, 2.05) is 38.4 Å². The zero-order valence-electron chi connectivity index (χ0n) is 27.9. The lowest BCUT2D eigenvalue weighted by Crippen LogP contribution is -2.52. The van der Waals surface area contributed by atoms with Crippen LogP contribution >= 0.6 is 0 Å². The Morgan fingerprint density at radius 1 is 1.11 bits per heavy atom. The number of sulfonamides is 1. The highest BCUT2D eigenvalue weighted by atomic mass is 32.2. The van der Waals surface area contributed by atoms with E-state index in [1.54, 1.807) is 52.0 Å². The average Bonchev–Trinajstić information content (AvgIpc) is 3.14. The number of hydrogen-bond donors (Lipinski definition) is 2. The molecule has 2 aromatic carbocycles. The van der Waals surface area contributed by atoms with Gasteiger partial charge in [-0.3, -0.25) is 9.63 Å². The Hall–Kier alpha value is -4.22. The molecule has 12 nitrogen and oxygen atoms in total. The van der Waals surface area contributed by atoms with Crippen LogP contribution in [0.15, 0.2) is 57.9 Å². The van der Waals surface area contributed by atoms with E-state index in [9.17, 15) is 18.0 Å². The van der Waals surface area contributed by atoms with Gasteiger partial charge in [-0.2, -0.15) is 4.31 Å². The predicted octanol–water partition coefficient (Wildman–Crippen LogP) is 3.62. The fourth-order valence-corrected chi connectivity index (χ4v) is 6.79. The number of nitrogens with one attached hydrogen (secondary N) is 1. The fraction of sp³-hybridized carbons (Fsp3) is 0.441. The van der Waals surface area contributed by atoms with Crippen LogP contribution < -0.4 is 11.1 Å². The molecular weight excluding hydrogens is 620 g/mol. The fourth-order valence-electron chi connectivity index (χ4n) is 5.16. The van der Waals surface area contributed by atoms with Crippen LogP contribution in [0.25, 0.3) is 17.2 Å². The molecular formula is C34H44N6O6S. The first kappa shape index (κ1) is 35.6. The Morgan fingerprint density at radius 3 is 2.51 bits per heavy atom. The molecule has 0 saturated carbocycles. The summed E-state index contributed by atoms with van der Waals surface area (Å²) in [6, 6.07) is 12.4. The van der Waals surface area contributed by atoms with Crippen LogP contribution in [-0.2, 0) is 24.4 Å². The first-order chi connectivity index (χ1) is 22.2. The van der Waals surface area contributed by atoms with Crippen molar-refractivity contribution in [2.45, 2.75) is 44.6 Å². The summed E-state index contributed by atoms with van der Waals surface area (Å²) in [6.07, 6.45) is 1.24. The van der Waals surface area contributed by atoms with Crippen molar-refractivity contribution < 1.29 is 27.6 Å². The quantitative estimate of drug-likeness (QED) is 0.289. The number of aliphatic imine (C=N–C) groups is 1. The number of carbonyl (C=O) groups excluding carboxylic acids is 2. The van der Waals surface area contributed by atoms with Gasteiger partial charge in [0.25, 0.3) is 5.91 Å². The van der Waals surface area contributed by atoms with Crippen LogP contribution in [-0.4, -0.2) is 99.5 Å². The molecule has 2 amide bonds. The van der Waals surface area contributed by atoms with Crippen LogP contribution in [0.4, 0.5) is 10.5 Å². The van der Waals surface area contributed by atoms with Crippen molar-refractivity contribution in [1.29, 1.82) is 0 Å².